The van der Waals surface area contributed by atoms with Gasteiger partial charge in [0.1, 0.15) is 11.3 Å². The van der Waals surface area contributed by atoms with Crippen molar-refractivity contribution in [2.45, 2.75) is 88.8 Å². The van der Waals surface area contributed by atoms with E-state index in [9.17, 15) is 36.2 Å². The smallest absolute Gasteiger partial charge is 0.420 e. The number of carbonyl (C=O) groups is 1. The van der Waals surface area contributed by atoms with Gasteiger partial charge in [0.05, 0.1) is 17.9 Å². The molecule has 0 radical (unpaired) electrons. The third-order valence-electron chi connectivity index (χ3n) is 7.78. The van der Waals surface area contributed by atoms with Gasteiger partial charge in [0.15, 0.2) is 0 Å². The highest BCUT2D eigenvalue weighted by atomic mass is 19.4. The number of alkyl halides is 6. The topological polar surface area (TPSA) is 58.6 Å². The molecule has 0 unspecified atom stereocenters. The molecule has 4 rings (SSSR count). The lowest BCUT2D eigenvalue weighted by Crippen LogP contribution is -2.36. The maximum atomic E-state index is 14.3. The molecule has 0 spiro atoms. The van der Waals surface area contributed by atoms with Gasteiger partial charge in [-0.05, 0) is 86.8 Å². The number of hydrogen-bond donors (Lipinski definition) is 2. The average molecular weight is 532 g/mol. The summed E-state index contributed by atoms with van der Waals surface area (Å²) in [6, 6.07) is 7.48. The number of carboxylic acids is 1. The number of nitrogens with one attached hydrogen (secondary N) is 1. The zero-order valence-corrected chi connectivity index (χ0v) is 20.5. The molecule has 0 amide bonds. The summed E-state index contributed by atoms with van der Waals surface area (Å²) in [6.07, 6.45) is -7.49. The Bertz CT molecular complexity index is 1100. The minimum Gasteiger partial charge on any atom is -0.490 e. The predicted molar refractivity (Wildman–Crippen MR) is 126 cm³/mol. The highest BCUT2D eigenvalue weighted by molar-refractivity contribution is 5.89. The van der Waals surface area contributed by atoms with Crippen LogP contribution in [0.5, 0.6) is 5.75 Å². The van der Waals surface area contributed by atoms with Crippen LogP contribution < -0.4 is 10.1 Å². The monoisotopic (exact) mass is 531 g/mol. The van der Waals surface area contributed by atoms with Gasteiger partial charge in [-0.25, -0.2) is 0 Å². The van der Waals surface area contributed by atoms with E-state index >= 15 is 0 Å². The molecule has 2 fully saturated rings. The van der Waals surface area contributed by atoms with Crippen LogP contribution in [0.1, 0.15) is 75.5 Å². The summed E-state index contributed by atoms with van der Waals surface area (Å²) in [5.41, 5.74) is -0.264. The van der Waals surface area contributed by atoms with Crippen LogP contribution >= 0.6 is 0 Å². The molecule has 2 N–H and O–H groups in total. The fourth-order valence-electron chi connectivity index (χ4n) is 5.62. The van der Waals surface area contributed by atoms with Crippen molar-refractivity contribution in [3.8, 4) is 5.75 Å². The lowest BCUT2D eigenvalue weighted by molar-refractivity contribution is -0.185. The Morgan fingerprint density at radius 2 is 1.57 bits per heavy atom. The number of ether oxygens (including phenoxy) is 1. The lowest BCUT2D eigenvalue weighted by atomic mass is 9.85. The first-order valence-corrected chi connectivity index (χ1v) is 12.7. The first-order chi connectivity index (χ1) is 17.3. The second kappa shape index (κ2) is 10.7. The summed E-state index contributed by atoms with van der Waals surface area (Å²) in [7, 11) is 0. The second-order valence-electron chi connectivity index (χ2n) is 10.3. The van der Waals surface area contributed by atoms with Gasteiger partial charge in [-0.2, -0.15) is 26.3 Å². The number of aliphatic carboxylic acids is 1. The average Bonchev–Trinajstić information content (AvgIpc) is 2.82. The number of fused-ring (bicyclic) bond motifs is 1. The number of benzene rings is 2. The van der Waals surface area contributed by atoms with E-state index in [1.165, 1.54) is 18.2 Å². The normalized spacial score (nSPS) is 26.1. The van der Waals surface area contributed by atoms with Crippen LogP contribution in [-0.2, 0) is 11.0 Å². The summed E-state index contributed by atoms with van der Waals surface area (Å²) >= 11 is 0. The highest BCUT2D eigenvalue weighted by Crippen LogP contribution is 2.44. The van der Waals surface area contributed by atoms with E-state index in [0.29, 0.717) is 36.6 Å². The van der Waals surface area contributed by atoms with Crippen molar-refractivity contribution in [2.75, 3.05) is 0 Å². The van der Waals surface area contributed by atoms with E-state index in [1.807, 2.05) is 6.92 Å². The zero-order chi connectivity index (χ0) is 27.0. The molecule has 2 saturated carbocycles. The van der Waals surface area contributed by atoms with Crippen molar-refractivity contribution < 1.29 is 41.0 Å². The molecule has 0 bridgehead atoms. The molecule has 37 heavy (non-hydrogen) atoms. The van der Waals surface area contributed by atoms with Crippen molar-refractivity contribution >= 4 is 16.7 Å². The van der Waals surface area contributed by atoms with Crippen molar-refractivity contribution in [2.24, 2.45) is 11.8 Å². The molecular weight excluding hydrogens is 500 g/mol. The molecule has 2 aliphatic carbocycles. The molecular formula is C27H31F6NO3. The number of halogens is 6. The molecule has 0 heterocycles. The quantitative estimate of drug-likeness (QED) is 0.376. The van der Waals surface area contributed by atoms with Crippen molar-refractivity contribution in [3.63, 3.8) is 0 Å². The minimum atomic E-state index is -4.72. The number of hydrogen-bond acceptors (Lipinski definition) is 3. The largest absolute Gasteiger partial charge is 0.490 e. The minimum absolute atomic E-state index is 0.0188. The van der Waals surface area contributed by atoms with Crippen molar-refractivity contribution in [1.29, 1.82) is 0 Å². The first kappa shape index (κ1) is 27.5. The van der Waals surface area contributed by atoms with E-state index < -0.39 is 35.9 Å². The molecule has 204 valence electrons. The summed E-state index contributed by atoms with van der Waals surface area (Å²) < 4.78 is 87.4. The Morgan fingerprint density at radius 1 is 0.946 bits per heavy atom. The first-order valence-electron chi connectivity index (χ1n) is 12.7. The molecule has 0 aliphatic heterocycles. The number of rotatable bonds is 6. The fourth-order valence-corrected chi connectivity index (χ4v) is 5.62. The lowest BCUT2D eigenvalue weighted by Gasteiger charge is -2.31. The van der Waals surface area contributed by atoms with E-state index in [1.54, 1.807) is 12.1 Å². The van der Waals surface area contributed by atoms with Gasteiger partial charge in [0, 0.05) is 12.1 Å². The summed E-state index contributed by atoms with van der Waals surface area (Å²) in [6.45, 7) is 1.86. The van der Waals surface area contributed by atoms with Gasteiger partial charge in [-0.3, -0.25) is 4.79 Å². The SMILES string of the molecule is C[C@H](N[C@H]1CC[C@@H](C(=O)O)CC1)c1ccc2ccc(O[C@H]3CC[C@@H](C(F)(F)F)CC3)c(C(F)(F)F)c2c1. The molecule has 1 atom stereocenters. The van der Waals surface area contributed by atoms with Crippen molar-refractivity contribution in [1.82, 2.24) is 5.32 Å². The van der Waals surface area contributed by atoms with Crippen LogP contribution in [0.4, 0.5) is 26.3 Å². The Kier molecular flexibility index (Phi) is 7.97. The maximum absolute atomic E-state index is 14.3. The van der Waals surface area contributed by atoms with Gasteiger partial charge >= 0.3 is 18.3 Å². The van der Waals surface area contributed by atoms with Gasteiger partial charge < -0.3 is 15.2 Å². The van der Waals surface area contributed by atoms with Crippen LogP contribution in [-0.4, -0.2) is 29.4 Å². The highest BCUT2D eigenvalue weighted by Gasteiger charge is 2.43. The van der Waals surface area contributed by atoms with Gasteiger partial charge in [0.2, 0.25) is 0 Å². The van der Waals surface area contributed by atoms with E-state index in [-0.39, 0.29) is 54.8 Å². The fraction of sp³-hybridized carbons (Fsp3) is 0.593. The van der Waals surface area contributed by atoms with Crippen LogP contribution in [0.15, 0.2) is 30.3 Å². The summed E-state index contributed by atoms with van der Waals surface area (Å²) in [5.74, 6) is -2.96. The molecule has 0 saturated heterocycles. The maximum Gasteiger partial charge on any atom is 0.420 e. The third-order valence-corrected chi connectivity index (χ3v) is 7.78. The molecule has 0 aromatic heterocycles. The Morgan fingerprint density at radius 3 is 2.14 bits per heavy atom. The van der Waals surface area contributed by atoms with Gasteiger partial charge in [-0.1, -0.05) is 18.2 Å². The Balaban J connectivity index is 1.54. The molecule has 2 aromatic rings. The Labute approximate surface area is 211 Å². The van der Waals surface area contributed by atoms with Crippen LogP contribution in [0.25, 0.3) is 10.8 Å². The third kappa shape index (κ3) is 6.51. The Hall–Kier alpha value is -2.49. The van der Waals surface area contributed by atoms with E-state index in [2.05, 4.69) is 5.32 Å². The van der Waals surface area contributed by atoms with Gasteiger partial charge in [-0.15, -0.1) is 0 Å². The zero-order valence-electron chi connectivity index (χ0n) is 20.5. The van der Waals surface area contributed by atoms with Crippen molar-refractivity contribution in [3.05, 3.63) is 41.5 Å². The van der Waals surface area contributed by atoms with Crippen LogP contribution in [0, 0.1) is 11.8 Å². The summed E-state index contributed by atoms with van der Waals surface area (Å²) in [5, 5.41) is 13.0. The van der Waals surface area contributed by atoms with Crippen LogP contribution in [0.3, 0.4) is 0 Å². The second-order valence-corrected chi connectivity index (χ2v) is 10.3. The molecule has 2 aliphatic rings. The van der Waals surface area contributed by atoms with Crippen LogP contribution in [0.2, 0.25) is 0 Å². The molecule has 2 aromatic carbocycles. The van der Waals surface area contributed by atoms with Gasteiger partial charge in [0.25, 0.3) is 0 Å². The summed E-state index contributed by atoms with van der Waals surface area (Å²) in [4.78, 5) is 11.2. The number of carboxylic acid groups (broad SMARTS) is 1. The molecule has 10 heteroatoms. The standard InChI is InChI=1S/C27H31F6NO3/c1-15(34-20-9-4-17(5-10-20)25(35)36)18-3-2-16-6-13-23(24(22(16)14-18)27(31,32)33)37-21-11-7-19(8-12-21)26(28,29)30/h2-3,6,13-15,17,19-21,34H,4-5,7-12H2,1H3,(H,35,36)/t15-,17-,19-,20+,21+/m0/s1. The predicted octanol–water partition coefficient (Wildman–Crippen LogP) is 7.65. The van der Waals surface area contributed by atoms with E-state index in [4.69, 9.17) is 4.74 Å². The van der Waals surface area contributed by atoms with E-state index in [0.717, 1.165) is 0 Å². The molecule has 4 nitrogen and oxygen atoms in total.